The van der Waals surface area contributed by atoms with Gasteiger partial charge in [0, 0.05) is 43.6 Å². The van der Waals surface area contributed by atoms with E-state index in [-0.39, 0.29) is 30.1 Å². The number of anilines is 1. The fraction of sp³-hybridized carbons (Fsp3) is 0.606. The predicted molar refractivity (Wildman–Crippen MR) is 172 cm³/mol. The highest BCUT2D eigenvalue weighted by Gasteiger charge is 2.34. The molecular formula is C33H47N5O4S. The molecule has 9 nitrogen and oxygen atoms in total. The van der Waals surface area contributed by atoms with Crippen LogP contribution in [-0.2, 0) is 33.7 Å². The summed E-state index contributed by atoms with van der Waals surface area (Å²) in [4.78, 5) is 35.0. The van der Waals surface area contributed by atoms with Crippen molar-refractivity contribution in [2.45, 2.75) is 84.6 Å². The SMILES string of the molecule is CCOC(CNC(=N[C@H]1CCc2sc(NC(=O)C3CC3)c(C(=O)NCC3CC3)c2C1)N(CC)Cc1ccccc1)OCC. The molecule has 0 unspecified atom stereocenters. The molecule has 0 bridgehead atoms. The summed E-state index contributed by atoms with van der Waals surface area (Å²) in [5.41, 5.74) is 2.89. The van der Waals surface area contributed by atoms with E-state index in [0.29, 0.717) is 49.2 Å². The first-order valence-corrected chi connectivity index (χ1v) is 16.9. The zero-order chi connectivity index (χ0) is 30.2. The maximum Gasteiger partial charge on any atom is 0.254 e. The third-order valence-corrected chi connectivity index (χ3v) is 9.44. The Hall–Kier alpha value is -2.95. The summed E-state index contributed by atoms with van der Waals surface area (Å²) in [6.07, 6.45) is 6.19. The largest absolute Gasteiger partial charge is 0.352 e. The number of ether oxygens (including phenoxy) is 2. The summed E-state index contributed by atoms with van der Waals surface area (Å²) in [7, 11) is 0. The van der Waals surface area contributed by atoms with Crippen LogP contribution in [0.15, 0.2) is 35.3 Å². The number of carbonyl (C=O) groups excluding carboxylic acids is 2. The maximum atomic E-state index is 13.5. The normalized spacial score (nSPS) is 18.3. The molecule has 43 heavy (non-hydrogen) atoms. The Morgan fingerprint density at radius 1 is 1.02 bits per heavy atom. The van der Waals surface area contributed by atoms with Crippen LogP contribution in [0.4, 0.5) is 5.00 Å². The van der Waals surface area contributed by atoms with Gasteiger partial charge in [-0.25, -0.2) is 4.99 Å². The minimum absolute atomic E-state index is 0.00553. The number of fused-ring (bicyclic) bond motifs is 1. The lowest BCUT2D eigenvalue weighted by atomic mass is 9.91. The molecule has 2 saturated carbocycles. The summed E-state index contributed by atoms with van der Waals surface area (Å²) in [5.74, 6) is 1.43. The third-order valence-electron chi connectivity index (χ3n) is 8.23. The molecule has 0 aliphatic heterocycles. The van der Waals surface area contributed by atoms with Gasteiger partial charge in [0.2, 0.25) is 5.91 Å². The number of benzene rings is 1. The van der Waals surface area contributed by atoms with Crippen LogP contribution >= 0.6 is 11.3 Å². The standard InChI is InChI=1S/C33H47N5O4S/c1-4-38(21-23-10-8-7-9-11-23)33(35-20-28(41-5-2)42-6-3)36-25-16-17-27-26(18-25)29(31(40)34-19-22-12-13-22)32(43-27)37-30(39)24-14-15-24/h7-11,22,24-25,28H,4-6,12-21H2,1-3H3,(H,34,40)(H,35,36)(H,37,39)/t25-/m0/s1. The van der Waals surface area contributed by atoms with E-state index in [1.54, 1.807) is 11.3 Å². The van der Waals surface area contributed by atoms with Crippen LogP contribution in [0.3, 0.4) is 0 Å². The lowest BCUT2D eigenvalue weighted by Crippen LogP contribution is -2.45. The lowest BCUT2D eigenvalue weighted by molar-refractivity contribution is -0.131. The number of aryl methyl sites for hydroxylation is 1. The van der Waals surface area contributed by atoms with E-state index in [0.717, 1.165) is 50.3 Å². The highest BCUT2D eigenvalue weighted by Crippen LogP contribution is 2.40. The summed E-state index contributed by atoms with van der Waals surface area (Å²) in [6.45, 7) is 9.87. The maximum absolute atomic E-state index is 13.5. The molecule has 0 saturated heterocycles. The Morgan fingerprint density at radius 3 is 2.42 bits per heavy atom. The minimum Gasteiger partial charge on any atom is -0.352 e. The smallest absolute Gasteiger partial charge is 0.254 e. The highest BCUT2D eigenvalue weighted by atomic mass is 32.1. The first-order valence-electron chi connectivity index (χ1n) is 16.1. The van der Waals surface area contributed by atoms with E-state index < -0.39 is 0 Å². The van der Waals surface area contributed by atoms with Gasteiger partial charge in [-0.2, -0.15) is 0 Å². The second-order valence-electron chi connectivity index (χ2n) is 11.7. The second kappa shape index (κ2) is 15.2. The van der Waals surface area contributed by atoms with Gasteiger partial charge >= 0.3 is 0 Å². The number of nitrogens with one attached hydrogen (secondary N) is 3. The second-order valence-corrected chi connectivity index (χ2v) is 12.8. The number of hydrogen-bond donors (Lipinski definition) is 3. The zero-order valence-corrected chi connectivity index (χ0v) is 26.6. The zero-order valence-electron chi connectivity index (χ0n) is 25.8. The fourth-order valence-corrected chi connectivity index (χ4v) is 6.72. The Kier molecular flexibility index (Phi) is 11.1. The summed E-state index contributed by atoms with van der Waals surface area (Å²) < 4.78 is 11.6. The molecule has 1 aromatic carbocycles. The van der Waals surface area contributed by atoms with Crippen molar-refractivity contribution < 1.29 is 19.1 Å². The summed E-state index contributed by atoms with van der Waals surface area (Å²) in [6, 6.07) is 10.4. The number of carbonyl (C=O) groups is 2. The molecule has 0 radical (unpaired) electrons. The number of guanidine groups is 1. The van der Waals surface area contributed by atoms with Crippen molar-refractivity contribution in [3.05, 3.63) is 51.9 Å². The number of amides is 2. The molecular weight excluding hydrogens is 562 g/mol. The van der Waals surface area contributed by atoms with Crippen molar-refractivity contribution in [3.63, 3.8) is 0 Å². The van der Waals surface area contributed by atoms with E-state index in [9.17, 15) is 9.59 Å². The van der Waals surface area contributed by atoms with Gasteiger partial charge in [0.25, 0.3) is 5.91 Å². The van der Waals surface area contributed by atoms with Crippen LogP contribution in [0.5, 0.6) is 0 Å². The number of hydrogen-bond acceptors (Lipinski definition) is 6. The molecule has 1 heterocycles. The van der Waals surface area contributed by atoms with Crippen LogP contribution in [0, 0.1) is 11.8 Å². The number of rotatable bonds is 15. The predicted octanol–water partition coefficient (Wildman–Crippen LogP) is 4.96. The summed E-state index contributed by atoms with van der Waals surface area (Å²) >= 11 is 1.57. The molecule has 2 aromatic rings. The fourth-order valence-electron chi connectivity index (χ4n) is 5.48. The van der Waals surface area contributed by atoms with Gasteiger partial charge in [0.1, 0.15) is 5.00 Å². The van der Waals surface area contributed by atoms with Crippen LogP contribution in [-0.4, -0.2) is 67.9 Å². The minimum atomic E-state index is -0.370. The number of nitrogens with zero attached hydrogens (tertiary/aromatic N) is 2. The first-order chi connectivity index (χ1) is 21.0. The number of aliphatic imine (C=N–C) groups is 1. The number of thiophene rings is 1. The van der Waals surface area contributed by atoms with Crippen molar-refractivity contribution in [3.8, 4) is 0 Å². The summed E-state index contributed by atoms with van der Waals surface area (Å²) in [5, 5.41) is 10.5. The van der Waals surface area contributed by atoms with Gasteiger partial charge in [-0.05, 0) is 82.8 Å². The van der Waals surface area contributed by atoms with E-state index in [1.165, 1.54) is 23.3 Å². The van der Waals surface area contributed by atoms with Gasteiger partial charge in [-0.15, -0.1) is 11.3 Å². The van der Waals surface area contributed by atoms with Crippen LogP contribution in [0.2, 0.25) is 0 Å². The van der Waals surface area contributed by atoms with E-state index in [2.05, 4.69) is 52.0 Å². The average molecular weight is 610 g/mol. The van der Waals surface area contributed by atoms with Crippen molar-refractivity contribution in [2.24, 2.45) is 16.8 Å². The molecule has 0 spiro atoms. The first kappa shape index (κ1) is 31.5. The Morgan fingerprint density at radius 2 is 1.77 bits per heavy atom. The van der Waals surface area contributed by atoms with Gasteiger partial charge in [0.15, 0.2) is 12.2 Å². The van der Waals surface area contributed by atoms with Crippen LogP contribution in [0.25, 0.3) is 0 Å². The topological polar surface area (TPSA) is 104 Å². The van der Waals surface area contributed by atoms with Crippen LogP contribution < -0.4 is 16.0 Å². The molecule has 1 aromatic heterocycles. The van der Waals surface area contributed by atoms with Gasteiger partial charge in [-0.1, -0.05) is 30.3 Å². The van der Waals surface area contributed by atoms with Crippen molar-refractivity contribution >= 4 is 34.1 Å². The monoisotopic (exact) mass is 609 g/mol. The molecule has 3 aliphatic rings. The molecule has 3 aliphatic carbocycles. The van der Waals surface area contributed by atoms with Crippen molar-refractivity contribution in [1.29, 1.82) is 0 Å². The molecule has 5 rings (SSSR count). The molecule has 10 heteroatoms. The van der Waals surface area contributed by atoms with E-state index in [4.69, 9.17) is 14.5 Å². The molecule has 1 atom stereocenters. The van der Waals surface area contributed by atoms with Gasteiger partial charge in [0.05, 0.1) is 18.2 Å². The molecule has 2 amide bonds. The molecule has 3 N–H and O–H groups in total. The van der Waals surface area contributed by atoms with Crippen molar-refractivity contribution in [2.75, 3.05) is 38.2 Å². The lowest BCUT2D eigenvalue weighted by Gasteiger charge is -2.29. The molecule has 2 fully saturated rings. The van der Waals surface area contributed by atoms with Crippen molar-refractivity contribution in [1.82, 2.24) is 15.5 Å². The van der Waals surface area contributed by atoms with E-state index in [1.807, 2.05) is 19.9 Å². The molecule has 234 valence electrons. The Balaban J connectivity index is 1.39. The van der Waals surface area contributed by atoms with Gasteiger partial charge in [-0.3, -0.25) is 9.59 Å². The Bertz CT molecular complexity index is 1250. The van der Waals surface area contributed by atoms with E-state index >= 15 is 0 Å². The van der Waals surface area contributed by atoms with Gasteiger partial charge < -0.3 is 30.3 Å². The highest BCUT2D eigenvalue weighted by molar-refractivity contribution is 7.17. The average Bonchev–Trinajstić information content (AvgIpc) is 3.94. The Labute approximate surface area is 259 Å². The third kappa shape index (κ3) is 8.80. The van der Waals surface area contributed by atoms with Crippen LogP contribution in [0.1, 0.15) is 79.2 Å². The quantitative estimate of drug-likeness (QED) is 0.150.